The van der Waals surface area contributed by atoms with Crippen molar-refractivity contribution in [2.45, 2.75) is 13.3 Å². The van der Waals surface area contributed by atoms with Crippen molar-refractivity contribution < 1.29 is 24.2 Å². The van der Waals surface area contributed by atoms with Gasteiger partial charge < -0.3 is 15.2 Å². The number of hydrogen-bond donors (Lipinski definition) is 3. The lowest BCUT2D eigenvalue weighted by molar-refractivity contribution is -0.139. The van der Waals surface area contributed by atoms with Gasteiger partial charge in [-0.15, -0.1) is 0 Å². The number of anilines is 1. The van der Waals surface area contributed by atoms with Gasteiger partial charge in [0, 0.05) is 5.69 Å². The van der Waals surface area contributed by atoms with E-state index in [4.69, 9.17) is 9.84 Å². The van der Waals surface area contributed by atoms with Crippen molar-refractivity contribution in [3.8, 4) is 5.75 Å². The van der Waals surface area contributed by atoms with E-state index in [1.807, 2.05) is 19.1 Å². The van der Waals surface area contributed by atoms with Gasteiger partial charge in [0.15, 0.2) is 6.61 Å². The van der Waals surface area contributed by atoms with Crippen LogP contribution >= 0.6 is 0 Å². The molecule has 3 N–H and O–H groups in total. The summed E-state index contributed by atoms with van der Waals surface area (Å²) in [6, 6.07) is 13.6. The third kappa shape index (κ3) is 6.62. The van der Waals surface area contributed by atoms with Gasteiger partial charge in [0.05, 0.1) is 6.21 Å². The first-order valence-corrected chi connectivity index (χ1v) is 8.16. The highest BCUT2D eigenvalue weighted by atomic mass is 16.5. The van der Waals surface area contributed by atoms with Gasteiger partial charge >= 0.3 is 17.8 Å². The van der Waals surface area contributed by atoms with E-state index in [1.54, 1.807) is 36.4 Å². The Morgan fingerprint density at radius 1 is 1.04 bits per heavy atom. The molecule has 2 aromatic carbocycles. The molecule has 0 spiro atoms. The first-order valence-electron chi connectivity index (χ1n) is 8.16. The number of nitrogens with one attached hydrogen (secondary N) is 2. The van der Waals surface area contributed by atoms with Crippen molar-refractivity contribution in [1.29, 1.82) is 0 Å². The Morgan fingerprint density at radius 2 is 1.70 bits per heavy atom. The van der Waals surface area contributed by atoms with E-state index in [2.05, 4.69) is 15.8 Å². The molecule has 8 nitrogen and oxygen atoms in total. The zero-order valence-corrected chi connectivity index (χ0v) is 14.6. The summed E-state index contributed by atoms with van der Waals surface area (Å²) in [5.74, 6) is -2.39. The molecule has 0 atom stereocenters. The predicted molar refractivity (Wildman–Crippen MR) is 99.8 cm³/mol. The molecule has 0 radical (unpaired) electrons. The summed E-state index contributed by atoms with van der Waals surface area (Å²) >= 11 is 0. The smallest absolute Gasteiger partial charge is 0.341 e. The Morgan fingerprint density at radius 3 is 2.30 bits per heavy atom. The fourth-order valence-electron chi connectivity index (χ4n) is 2.02. The zero-order chi connectivity index (χ0) is 19.6. The van der Waals surface area contributed by atoms with E-state index in [0.29, 0.717) is 17.0 Å². The van der Waals surface area contributed by atoms with Gasteiger partial charge in [-0.2, -0.15) is 5.10 Å². The molecule has 0 heterocycles. The highest BCUT2D eigenvalue weighted by Gasteiger charge is 2.12. The van der Waals surface area contributed by atoms with Gasteiger partial charge in [-0.1, -0.05) is 19.1 Å². The van der Waals surface area contributed by atoms with E-state index in [1.165, 1.54) is 6.21 Å². The molecule has 0 saturated carbocycles. The van der Waals surface area contributed by atoms with Crippen molar-refractivity contribution in [3.63, 3.8) is 0 Å². The van der Waals surface area contributed by atoms with Gasteiger partial charge in [-0.05, 0) is 53.9 Å². The van der Waals surface area contributed by atoms with Crippen LogP contribution in [0.4, 0.5) is 5.69 Å². The number of benzene rings is 2. The molecule has 27 heavy (non-hydrogen) atoms. The number of carbonyl (C=O) groups is 3. The van der Waals surface area contributed by atoms with Gasteiger partial charge in [-0.3, -0.25) is 9.59 Å². The van der Waals surface area contributed by atoms with E-state index >= 15 is 0 Å². The number of carboxylic acid groups (broad SMARTS) is 1. The van der Waals surface area contributed by atoms with Crippen molar-refractivity contribution in [2.24, 2.45) is 5.10 Å². The second kappa shape index (κ2) is 9.71. The van der Waals surface area contributed by atoms with Gasteiger partial charge in [0.25, 0.3) is 0 Å². The van der Waals surface area contributed by atoms with Crippen molar-refractivity contribution in [2.75, 3.05) is 11.9 Å². The summed E-state index contributed by atoms with van der Waals surface area (Å²) in [5.41, 5.74) is 4.42. The standard InChI is InChI=1S/C19H19N3O5/c1-2-13-3-7-15(8-4-13)21-18(25)19(26)22-20-11-14-5-9-16(10-6-14)27-12-17(23)24/h3-11H,2,12H2,1H3,(H,21,25)(H,22,26)(H,23,24)/b20-11+. The van der Waals surface area contributed by atoms with E-state index in [-0.39, 0.29) is 0 Å². The maximum Gasteiger partial charge on any atom is 0.341 e. The quantitative estimate of drug-likeness (QED) is 0.391. The van der Waals surface area contributed by atoms with Crippen LogP contribution in [0.5, 0.6) is 5.75 Å². The highest BCUT2D eigenvalue weighted by molar-refractivity contribution is 6.39. The number of rotatable bonds is 7. The number of aliphatic carboxylic acids is 1. The van der Waals surface area contributed by atoms with Crippen LogP contribution in [0.3, 0.4) is 0 Å². The molecular weight excluding hydrogens is 350 g/mol. The molecule has 0 aliphatic carbocycles. The average Bonchev–Trinajstić information content (AvgIpc) is 2.67. The Bertz CT molecular complexity index is 829. The van der Waals surface area contributed by atoms with Crippen LogP contribution in [-0.4, -0.2) is 35.7 Å². The van der Waals surface area contributed by atoms with Gasteiger partial charge in [0.1, 0.15) is 5.75 Å². The van der Waals surface area contributed by atoms with Gasteiger partial charge in [-0.25, -0.2) is 10.2 Å². The second-order valence-electron chi connectivity index (χ2n) is 5.46. The Labute approximate surface area is 155 Å². The zero-order valence-electron chi connectivity index (χ0n) is 14.6. The third-order valence-electron chi connectivity index (χ3n) is 3.45. The molecule has 2 aromatic rings. The van der Waals surface area contributed by atoms with E-state index in [9.17, 15) is 14.4 Å². The molecule has 0 aliphatic rings. The van der Waals surface area contributed by atoms with Gasteiger partial charge in [0.2, 0.25) is 0 Å². The average molecular weight is 369 g/mol. The number of aryl methyl sites for hydroxylation is 1. The summed E-state index contributed by atoms with van der Waals surface area (Å²) in [7, 11) is 0. The molecule has 140 valence electrons. The third-order valence-corrected chi connectivity index (χ3v) is 3.45. The molecule has 0 unspecified atom stereocenters. The lowest BCUT2D eigenvalue weighted by Gasteiger charge is -2.05. The molecule has 8 heteroatoms. The van der Waals surface area contributed by atoms with Crippen LogP contribution in [0.15, 0.2) is 53.6 Å². The van der Waals surface area contributed by atoms with Crippen molar-refractivity contribution in [3.05, 3.63) is 59.7 Å². The first-order chi connectivity index (χ1) is 13.0. The number of hydrazone groups is 1. The van der Waals surface area contributed by atoms with Crippen LogP contribution in [0.2, 0.25) is 0 Å². The minimum atomic E-state index is -1.07. The number of carbonyl (C=O) groups excluding carboxylic acids is 2. The maximum atomic E-state index is 11.8. The summed E-state index contributed by atoms with van der Waals surface area (Å²) in [6.45, 7) is 1.59. The monoisotopic (exact) mass is 369 g/mol. The molecule has 2 amide bonds. The maximum absolute atomic E-state index is 11.8. The Kier molecular flexibility index (Phi) is 7.07. The lowest BCUT2D eigenvalue weighted by Crippen LogP contribution is -2.32. The Hall–Kier alpha value is -3.68. The lowest BCUT2D eigenvalue weighted by atomic mass is 10.1. The normalized spacial score (nSPS) is 10.4. The largest absolute Gasteiger partial charge is 0.482 e. The van der Waals surface area contributed by atoms with Crippen molar-refractivity contribution in [1.82, 2.24) is 5.43 Å². The number of carboxylic acids is 1. The number of nitrogens with zero attached hydrogens (tertiary/aromatic N) is 1. The fraction of sp³-hybridized carbons (Fsp3) is 0.158. The van der Waals surface area contributed by atoms with E-state index in [0.717, 1.165) is 12.0 Å². The summed E-state index contributed by atoms with van der Waals surface area (Å²) in [5, 5.41) is 14.7. The van der Waals surface area contributed by atoms with Crippen molar-refractivity contribution >= 4 is 29.7 Å². The van der Waals surface area contributed by atoms with Crippen LogP contribution in [0.25, 0.3) is 0 Å². The molecule has 0 aliphatic heterocycles. The predicted octanol–water partition coefficient (Wildman–Crippen LogP) is 1.80. The molecular formula is C19H19N3O5. The number of amides is 2. The second-order valence-corrected chi connectivity index (χ2v) is 5.46. The molecule has 0 bridgehead atoms. The molecule has 0 aromatic heterocycles. The molecule has 2 rings (SSSR count). The molecule has 0 saturated heterocycles. The van der Waals surface area contributed by atoms with Crippen LogP contribution in [-0.2, 0) is 20.8 Å². The highest BCUT2D eigenvalue weighted by Crippen LogP contribution is 2.11. The minimum Gasteiger partial charge on any atom is -0.482 e. The number of hydrogen-bond acceptors (Lipinski definition) is 5. The number of ether oxygens (including phenoxy) is 1. The SMILES string of the molecule is CCc1ccc(NC(=O)C(=O)N/N=C/c2ccc(OCC(=O)O)cc2)cc1. The minimum absolute atomic E-state index is 0.395. The Balaban J connectivity index is 1.82. The topological polar surface area (TPSA) is 117 Å². The van der Waals surface area contributed by atoms with E-state index < -0.39 is 24.4 Å². The van der Waals surface area contributed by atoms with Crippen LogP contribution < -0.4 is 15.5 Å². The van der Waals surface area contributed by atoms with Crippen LogP contribution in [0, 0.1) is 0 Å². The summed E-state index contributed by atoms with van der Waals surface area (Å²) in [6.07, 6.45) is 2.23. The summed E-state index contributed by atoms with van der Waals surface area (Å²) < 4.78 is 5.00. The molecule has 0 fully saturated rings. The van der Waals surface area contributed by atoms with Crippen LogP contribution in [0.1, 0.15) is 18.1 Å². The summed E-state index contributed by atoms with van der Waals surface area (Å²) in [4.78, 5) is 34.0. The fourth-order valence-corrected chi connectivity index (χ4v) is 2.02. The first kappa shape index (κ1) is 19.6.